The van der Waals surface area contributed by atoms with Crippen molar-refractivity contribution in [3.63, 3.8) is 0 Å². The normalized spacial score (nSPS) is 14.7. The van der Waals surface area contributed by atoms with Crippen molar-refractivity contribution in [2.45, 2.75) is 19.8 Å². The van der Waals surface area contributed by atoms with E-state index < -0.39 is 11.8 Å². The molecule has 0 bridgehead atoms. The predicted molar refractivity (Wildman–Crippen MR) is 81.4 cm³/mol. The SMILES string of the molecule is CC(CCO)CNC(=O)C(=O)N1CCc2c(Cl)cccc21. The molecule has 1 atom stereocenters. The number of benzene rings is 1. The summed E-state index contributed by atoms with van der Waals surface area (Å²) >= 11 is 6.09. The van der Waals surface area contributed by atoms with Gasteiger partial charge in [0.1, 0.15) is 0 Å². The van der Waals surface area contributed by atoms with Crippen LogP contribution in [0.3, 0.4) is 0 Å². The van der Waals surface area contributed by atoms with Crippen molar-refractivity contribution < 1.29 is 14.7 Å². The van der Waals surface area contributed by atoms with Crippen LogP contribution >= 0.6 is 11.6 Å². The number of nitrogens with one attached hydrogen (secondary N) is 1. The zero-order valence-electron chi connectivity index (χ0n) is 11.9. The van der Waals surface area contributed by atoms with Crippen LogP contribution in [0.4, 0.5) is 5.69 Å². The van der Waals surface area contributed by atoms with Gasteiger partial charge in [-0.2, -0.15) is 0 Å². The first-order valence-corrected chi connectivity index (χ1v) is 7.40. The molecule has 1 aliphatic rings. The Hall–Kier alpha value is -1.59. The van der Waals surface area contributed by atoms with Gasteiger partial charge in [0.2, 0.25) is 0 Å². The fourth-order valence-corrected chi connectivity index (χ4v) is 2.65. The molecule has 5 nitrogen and oxygen atoms in total. The number of carbonyl (C=O) groups excluding carboxylic acids is 2. The summed E-state index contributed by atoms with van der Waals surface area (Å²) in [4.78, 5) is 25.6. The Morgan fingerprint density at radius 3 is 2.95 bits per heavy atom. The van der Waals surface area contributed by atoms with Crippen LogP contribution in [-0.4, -0.2) is 36.6 Å². The van der Waals surface area contributed by atoms with E-state index in [9.17, 15) is 9.59 Å². The minimum atomic E-state index is -0.618. The lowest BCUT2D eigenvalue weighted by molar-refractivity contribution is -0.137. The fraction of sp³-hybridized carbons (Fsp3) is 0.467. The predicted octanol–water partition coefficient (Wildman–Crippen LogP) is 1.36. The highest BCUT2D eigenvalue weighted by Gasteiger charge is 2.30. The second kappa shape index (κ2) is 6.91. The van der Waals surface area contributed by atoms with Crippen molar-refractivity contribution >= 4 is 29.1 Å². The zero-order valence-corrected chi connectivity index (χ0v) is 12.7. The molecule has 0 saturated carbocycles. The molecule has 1 aliphatic heterocycles. The van der Waals surface area contributed by atoms with Gasteiger partial charge in [-0.1, -0.05) is 24.6 Å². The van der Waals surface area contributed by atoms with Crippen LogP contribution in [-0.2, 0) is 16.0 Å². The number of aliphatic hydroxyl groups is 1. The fourth-order valence-electron chi connectivity index (χ4n) is 2.39. The lowest BCUT2D eigenvalue weighted by Crippen LogP contribution is -2.43. The van der Waals surface area contributed by atoms with Gasteiger partial charge >= 0.3 is 11.8 Å². The van der Waals surface area contributed by atoms with Crippen molar-refractivity contribution in [1.82, 2.24) is 5.32 Å². The lowest BCUT2D eigenvalue weighted by atomic mass is 10.1. The Morgan fingerprint density at radius 2 is 2.24 bits per heavy atom. The van der Waals surface area contributed by atoms with E-state index in [4.69, 9.17) is 16.7 Å². The minimum Gasteiger partial charge on any atom is -0.396 e. The van der Waals surface area contributed by atoms with Crippen LogP contribution in [0.5, 0.6) is 0 Å². The zero-order chi connectivity index (χ0) is 15.4. The molecule has 114 valence electrons. The van der Waals surface area contributed by atoms with Gasteiger partial charge in [0.05, 0.1) is 0 Å². The molecule has 2 amide bonds. The van der Waals surface area contributed by atoms with Gasteiger partial charge in [0, 0.05) is 30.4 Å². The number of fused-ring (bicyclic) bond motifs is 1. The van der Waals surface area contributed by atoms with Gasteiger partial charge in [-0.3, -0.25) is 9.59 Å². The summed E-state index contributed by atoms with van der Waals surface area (Å²) in [5.74, 6) is -1.05. The lowest BCUT2D eigenvalue weighted by Gasteiger charge is -2.18. The number of anilines is 1. The van der Waals surface area contributed by atoms with Gasteiger partial charge in [-0.25, -0.2) is 0 Å². The number of hydrogen-bond donors (Lipinski definition) is 2. The van der Waals surface area contributed by atoms with Gasteiger partial charge in [-0.15, -0.1) is 0 Å². The van der Waals surface area contributed by atoms with E-state index in [1.54, 1.807) is 18.2 Å². The van der Waals surface area contributed by atoms with Crippen LogP contribution in [0.2, 0.25) is 5.02 Å². The van der Waals surface area contributed by atoms with E-state index in [1.807, 2.05) is 6.92 Å². The summed E-state index contributed by atoms with van der Waals surface area (Å²) in [6, 6.07) is 5.35. The number of aliphatic hydroxyl groups excluding tert-OH is 1. The maximum atomic E-state index is 12.2. The molecule has 2 N–H and O–H groups in total. The Labute approximate surface area is 128 Å². The molecule has 6 heteroatoms. The summed E-state index contributed by atoms with van der Waals surface area (Å²) in [5.41, 5.74) is 1.63. The molecule has 0 spiro atoms. The number of halogens is 1. The molecule has 1 heterocycles. The summed E-state index contributed by atoms with van der Waals surface area (Å²) < 4.78 is 0. The quantitative estimate of drug-likeness (QED) is 0.825. The van der Waals surface area contributed by atoms with E-state index >= 15 is 0 Å². The van der Waals surface area contributed by atoms with Crippen LogP contribution < -0.4 is 10.2 Å². The molecule has 0 radical (unpaired) electrons. The number of rotatable bonds is 4. The molecule has 1 aromatic carbocycles. The maximum Gasteiger partial charge on any atom is 0.316 e. The number of carbonyl (C=O) groups is 2. The third-order valence-electron chi connectivity index (χ3n) is 3.64. The van der Waals surface area contributed by atoms with Crippen LogP contribution in [0.15, 0.2) is 18.2 Å². The van der Waals surface area contributed by atoms with Crippen LogP contribution in [0, 0.1) is 5.92 Å². The highest BCUT2D eigenvalue weighted by atomic mass is 35.5. The molecule has 21 heavy (non-hydrogen) atoms. The molecule has 1 unspecified atom stereocenters. The topological polar surface area (TPSA) is 69.6 Å². The molecular formula is C15H19ClN2O3. The summed E-state index contributed by atoms with van der Waals surface area (Å²) in [6.07, 6.45) is 1.26. The Kier molecular flexibility index (Phi) is 5.20. The summed E-state index contributed by atoms with van der Waals surface area (Å²) in [7, 11) is 0. The summed E-state index contributed by atoms with van der Waals surface area (Å²) in [5, 5.41) is 12.1. The second-order valence-corrected chi connectivity index (χ2v) is 5.68. The smallest absolute Gasteiger partial charge is 0.316 e. The van der Waals surface area contributed by atoms with E-state index in [0.717, 1.165) is 5.56 Å². The van der Waals surface area contributed by atoms with Crippen LogP contribution in [0.25, 0.3) is 0 Å². The van der Waals surface area contributed by atoms with Crippen molar-refractivity contribution in [1.29, 1.82) is 0 Å². The Balaban J connectivity index is 1.99. The highest BCUT2D eigenvalue weighted by Crippen LogP contribution is 2.33. The molecule has 0 aliphatic carbocycles. The first-order chi connectivity index (χ1) is 10.0. The van der Waals surface area contributed by atoms with E-state index in [0.29, 0.717) is 36.6 Å². The van der Waals surface area contributed by atoms with E-state index in [2.05, 4.69) is 5.32 Å². The second-order valence-electron chi connectivity index (χ2n) is 5.27. The van der Waals surface area contributed by atoms with Gasteiger partial charge in [0.25, 0.3) is 0 Å². The molecule has 2 rings (SSSR count). The number of amides is 2. The first-order valence-electron chi connectivity index (χ1n) is 7.02. The van der Waals surface area contributed by atoms with Crippen molar-refractivity contribution in [3.05, 3.63) is 28.8 Å². The Morgan fingerprint density at radius 1 is 1.48 bits per heavy atom. The van der Waals surface area contributed by atoms with E-state index in [-0.39, 0.29) is 12.5 Å². The van der Waals surface area contributed by atoms with Crippen molar-refractivity contribution in [3.8, 4) is 0 Å². The number of hydrogen-bond acceptors (Lipinski definition) is 3. The molecular weight excluding hydrogens is 292 g/mol. The van der Waals surface area contributed by atoms with Gasteiger partial charge < -0.3 is 15.3 Å². The third-order valence-corrected chi connectivity index (χ3v) is 4.00. The van der Waals surface area contributed by atoms with E-state index in [1.165, 1.54) is 4.90 Å². The van der Waals surface area contributed by atoms with Crippen molar-refractivity contribution in [2.24, 2.45) is 5.92 Å². The molecule has 0 fully saturated rings. The molecule has 0 saturated heterocycles. The monoisotopic (exact) mass is 310 g/mol. The first kappa shape index (κ1) is 15.8. The minimum absolute atomic E-state index is 0.0724. The molecule has 1 aromatic rings. The molecule has 0 aromatic heterocycles. The largest absolute Gasteiger partial charge is 0.396 e. The van der Waals surface area contributed by atoms with Gasteiger partial charge in [-0.05, 0) is 36.5 Å². The highest BCUT2D eigenvalue weighted by molar-refractivity contribution is 6.41. The average molecular weight is 311 g/mol. The van der Waals surface area contributed by atoms with Crippen molar-refractivity contribution in [2.75, 3.05) is 24.6 Å². The van der Waals surface area contributed by atoms with Gasteiger partial charge in [0.15, 0.2) is 0 Å². The Bertz CT molecular complexity index is 548. The maximum absolute atomic E-state index is 12.2. The third kappa shape index (κ3) is 3.54. The van der Waals surface area contributed by atoms with Crippen LogP contribution in [0.1, 0.15) is 18.9 Å². The standard InChI is InChI=1S/C15H19ClN2O3/c1-10(6-8-19)9-17-14(20)15(21)18-7-5-11-12(16)3-2-4-13(11)18/h2-4,10,19H,5-9H2,1H3,(H,17,20). The number of nitrogens with zero attached hydrogens (tertiary/aromatic N) is 1. The summed E-state index contributed by atoms with van der Waals surface area (Å²) in [6.45, 7) is 2.83. The average Bonchev–Trinajstić information content (AvgIpc) is 2.89.